The molecular weight excluding hydrogens is 246 g/mol. The number of ether oxygens (including phenoxy) is 2. The average Bonchev–Trinajstić information content (AvgIpc) is 2.43. The Morgan fingerprint density at radius 1 is 1.37 bits per heavy atom. The molecule has 0 aromatic heterocycles. The average molecular weight is 267 g/mol. The lowest BCUT2D eigenvalue weighted by molar-refractivity contribution is -0.120. The Balaban J connectivity index is 2.79. The van der Waals surface area contributed by atoms with Crippen molar-refractivity contribution in [3.63, 3.8) is 0 Å². The van der Waals surface area contributed by atoms with Gasteiger partial charge in [-0.25, -0.2) is 0 Å². The van der Waals surface area contributed by atoms with Gasteiger partial charge in [-0.05, 0) is 31.5 Å². The second-order valence-electron chi connectivity index (χ2n) is 4.42. The Hall–Kier alpha value is -1.59. The van der Waals surface area contributed by atoms with Gasteiger partial charge in [0.1, 0.15) is 17.3 Å². The summed E-state index contributed by atoms with van der Waals surface area (Å²) in [5.74, 6) is 1.14. The molecular formula is C14H21NO4. The third kappa shape index (κ3) is 4.22. The third-order valence-electron chi connectivity index (χ3n) is 2.97. The Morgan fingerprint density at radius 2 is 2.05 bits per heavy atom. The number of aliphatic hydroxyl groups is 1. The lowest BCUT2D eigenvalue weighted by Crippen LogP contribution is -2.26. The van der Waals surface area contributed by atoms with Crippen LogP contribution >= 0.6 is 0 Å². The topological polar surface area (TPSA) is 81.8 Å². The molecule has 19 heavy (non-hydrogen) atoms. The summed E-state index contributed by atoms with van der Waals surface area (Å²) in [6.07, 6.45) is -0.240. The summed E-state index contributed by atoms with van der Waals surface area (Å²) in [5, 5.41) is 10.2. The number of aliphatic hydroxyl groups excluding tert-OH is 1. The minimum atomic E-state index is -0.784. The van der Waals surface area contributed by atoms with E-state index in [4.69, 9.17) is 15.2 Å². The summed E-state index contributed by atoms with van der Waals surface area (Å²) >= 11 is 0. The Morgan fingerprint density at radius 3 is 2.58 bits per heavy atom. The zero-order valence-corrected chi connectivity index (χ0v) is 11.6. The number of Topliss-reactive ketones (excluding diaryl/α,β-unsaturated/α-hetero) is 1. The van der Waals surface area contributed by atoms with Crippen LogP contribution < -0.4 is 15.2 Å². The molecule has 2 atom stereocenters. The number of methoxy groups -OCH3 is 2. The van der Waals surface area contributed by atoms with Crippen molar-refractivity contribution in [1.29, 1.82) is 0 Å². The summed E-state index contributed by atoms with van der Waals surface area (Å²) < 4.78 is 10.3. The maximum atomic E-state index is 11.5. The van der Waals surface area contributed by atoms with Gasteiger partial charge in [0.25, 0.3) is 0 Å². The molecule has 0 bridgehead atoms. The first kappa shape index (κ1) is 15.5. The van der Waals surface area contributed by atoms with Crippen LogP contribution in [0.2, 0.25) is 0 Å². The molecule has 0 saturated heterocycles. The molecule has 0 aliphatic rings. The molecule has 5 nitrogen and oxygen atoms in total. The van der Waals surface area contributed by atoms with Crippen LogP contribution in [0.4, 0.5) is 0 Å². The van der Waals surface area contributed by atoms with Crippen LogP contribution in [0.3, 0.4) is 0 Å². The molecule has 1 aromatic rings. The van der Waals surface area contributed by atoms with Gasteiger partial charge in [0, 0.05) is 12.0 Å². The Bertz CT molecular complexity index is 431. The van der Waals surface area contributed by atoms with Crippen LogP contribution in [0.15, 0.2) is 18.2 Å². The zero-order chi connectivity index (χ0) is 14.4. The molecule has 0 amide bonds. The number of carbonyl (C=O) groups is 1. The summed E-state index contributed by atoms with van der Waals surface area (Å²) in [7, 11) is 3.09. The second-order valence-corrected chi connectivity index (χ2v) is 4.42. The van der Waals surface area contributed by atoms with E-state index in [9.17, 15) is 9.90 Å². The van der Waals surface area contributed by atoms with E-state index >= 15 is 0 Å². The van der Waals surface area contributed by atoms with E-state index in [0.29, 0.717) is 23.5 Å². The molecule has 0 heterocycles. The zero-order valence-electron chi connectivity index (χ0n) is 11.6. The maximum absolute atomic E-state index is 11.5. The number of carbonyl (C=O) groups excluding carboxylic acids is 1. The molecule has 0 aliphatic heterocycles. The summed E-state index contributed by atoms with van der Waals surface area (Å²) in [6, 6.07) is 4.69. The summed E-state index contributed by atoms with van der Waals surface area (Å²) in [4.78, 5) is 11.5. The Kier molecular flexibility index (Phi) is 5.79. The number of hydrogen-bond donors (Lipinski definition) is 2. The minimum Gasteiger partial charge on any atom is -0.497 e. The molecule has 5 heteroatoms. The molecule has 0 fully saturated rings. The van der Waals surface area contributed by atoms with Crippen molar-refractivity contribution in [3.8, 4) is 11.5 Å². The molecule has 0 radical (unpaired) electrons. The molecule has 0 aliphatic carbocycles. The van der Waals surface area contributed by atoms with Crippen LogP contribution in [0.5, 0.6) is 11.5 Å². The molecule has 3 N–H and O–H groups in total. The van der Waals surface area contributed by atoms with Gasteiger partial charge >= 0.3 is 0 Å². The van der Waals surface area contributed by atoms with Crippen molar-refractivity contribution < 1.29 is 19.4 Å². The molecule has 106 valence electrons. The predicted molar refractivity (Wildman–Crippen MR) is 72.4 cm³/mol. The molecule has 1 rings (SSSR count). The van der Waals surface area contributed by atoms with Crippen molar-refractivity contribution in [2.45, 2.75) is 31.9 Å². The van der Waals surface area contributed by atoms with Gasteiger partial charge in [-0.2, -0.15) is 0 Å². The van der Waals surface area contributed by atoms with Crippen LogP contribution in [-0.4, -0.2) is 31.2 Å². The number of hydrogen-bond acceptors (Lipinski definition) is 5. The van der Waals surface area contributed by atoms with Crippen LogP contribution in [0.1, 0.15) is 31.4 Å². The van der Waals surface area contributed by atoms with Gasteiger partial charge in [-0.3, -0.25) is 4.79 Å². The Labute approximate surface area is 113 Å². The largest absolute Gasteiger partial charge is 0.497 e. The highest BCUT2D eigenvalue weighted by molar-refractivity contribution is 5.83. The van der Waals surface area contributed by atoms with E-state index in [-0.39, 0.29) is 12.2 Å². The van der Waals surface area contributed by atoms with Crippen molar-refractivity contribution in [2.75, 3.05) is 14.2 Å². The first-order valence-corrected chi connectivity index (χ1v) is 6.17. The lowest BCUT2D eigenvalue weighted by Gasteiger charge is -2.16. The number of ketones is 1. The molecule has 0 saturated carbocycles. The van der Waals surface area contributed by atoms with Gasteiger partial charge in [-0.15, -0.1) is 0 Å². The highest BCUT2D eigenvalue weighted by atomic mass is 16.5. The number of benzene rings is 1. The van der Waals surface area contributed by atoms with E-state index in [2.05, 4.69) is 0 Å². The van der Waals surface area contributed by atoms with Gasteiger partial charge in [-0.1, -0.05) is 0 Å². The van der Waals surface area contributed by atoms with Crippen LogP contribution in [-0.2, 0) is 4.79 Å². The normalized spacial score (nSPS) is 13.7. The number of rotatable bonds is 7. The van der Waals surface area contributed by atoms with E-state index < -0.39 is 12.1 Å². The lowest BCUT2D eigenvalue weighted by atomic mass is 10.0. The third-order valence-corrected chi connectivity index (χ3v) is 2.97. The van der Waals surface area contributed by atoms with Crippen molar-refractivity contribution in [2.24, 2.45) is 5.73 Å². The standard InChI is InChI=1S/C14H21NO4/c1-9(15)12(16)5-6-13(17)11-8-10(18-2)4-7-14(11)19-3/h4,7-9,13,17H,5-6,15H2,1-3H3. The van der Waals surface area contributed by atoms with Gasteiger partial charge in [0.2, 0.25) is 0 Å². The predicted octanol–water partition coefficient (Wildman–Crippen LogP) is 1.43. The van der Waals surface area contributed by atoms with E-state index in [1.807, 2.05) is 0 Å². The van der Waals surface area contributed by atoms with E-state index in [1.54, 1.807) is 32.2 Å². The smallest absolute Gasteiger partial charge is 0.149 e. The van der Waals surface area contributed by atoms with Crippen molar-refractivity contribution in [3.05, 3.63) is 23.8 Å². The van der Waals surface area contributed by atoms with Crippen LogP contribution in [0, 0.1) is 0 Å². The first-order chi connectivity index (χ1) is 8.99. The first-order valence-electron chi connectivity index (χ1n) is 6.17. The quantitative estimate of drug-likeness (QED) is 0.781. The second kappa shape index (κ2) is 7.11. The fourth-order valence-corrected chi connectivity index (χ4v) is 1.76. The van der Waals surface area contributed by atoms with E-state index in [1.165, 1.54) is 7.11 Å². The molecule has 0 spiro atoms. The maximum Gasteiger partial charge on any atom is 0.149 e. The summed E-state index contributed by atoms with van der Waals surface area (Å²) in [6.45, 7) is 1.64. The van der Waals surface area contributed by atoms with E-state index in [0.717, 1.165) is 0 Å². The molecule has 1 aromatic carbocycles. The van der Waals surface area contributed by atoms with Crippen molar-refractivity contribution in [1.82, 2.24) is 0 Å². The monoisotopic (exact) mass is 267 g/mol. The van der Waals surface area contributed by atoms with Crippen LogP contribution in [0.25, 0.3) is 0 Å². The summed E-state index contributed by atoms with van der Waals surface area (Å²) in [5.41, 5.74) is 6.10. The number of nitrogens with two attached hydrogens (primary N) is 1. The van der Waals surface area contributed by atoms with Gasteiger partial charge in [0.05, 0.1) is 26.4 Å². The fraction of sp³-hybridized carbons (Fsp3) is 0.500. The van der Waals surface area contributed by atoms with Gasteiger partial charge < -0.3 is 20.3 Å². The molecule has 2 unspecified atom stereocenters. The van der Waals surface area contributed by atoms with Crippen molar-refractivity contribution >= 4 is 5.78 Å². The SMILES string of the molecule is COc1ccc(OC)c(C(O)CCC(=O)C(C)N)c1. The van der Waals surface area contributed by atoms with Gasteiger partial charge in [0.15, 0.2) is 0 Å². The highest BCUT2D eigenvalue weighted by Gasteiger charge is 2.17. The highest BCUT2D eigenvalue weighted by Crippen LogP contribution is 2.31. The minimum absolute atomic E-state index is 0.0686. The fourth-order valence-electron chi connectivity index (χ4n) is 1.76.